The van der Waals surface area contributed by atoms with Crippen LogP contribution in [0.5, 0.6) is 5.75 Å². The van der Waals surface area contributed by atoms with Crippen molar-refractivity contribution in [2.24, 2.45) is 17.1 Å². The quantitative estimate of drug-likeness (QED) is 0.0237. The van der Waals surface area contributed by atoms with E-state index in [-0.39, 0.29) is 93.5 Å². The van der Waals surface area contributed by atoms with E-state index in [4.69, 9.17) is 10.5 Å². The van der Waals surface area contributed by atoms with Gasteiger partial charge in [-0.25, -0.2) is 9.37 Å². The largest absolute Gasteiger partial charge is 0.488 e. The number of ketones is 1. The molecule has 21 nitrogen and oxygen atoms in total. The number of likely N-dealkylation sites (tertiary alicyclic amines) is 1. The number of aliphatic hydroxyl groups is 1. The number of thiazole rings is 1. The van der Waals surface area contributed by atoms with Gasteiger partial charge in [0.25, 0.3) is 5.52 Å². The molecule has 9 N–H and O–H groups in total. The molecule has 0 aliphatic carbocycles. The van der Waals surface area contributed by atoms with Crippen molar-refractivity contribution in [1.82, 2.24) is 30.8 Å². The zero-order chi connectivity index (χ0) is 62.8. The van der Waals surface area contributed by atoms with Gasteiger partial charge >= 0.3 is 7.60 Å². The number of H-pyrrole nitrogens is 1. The van der Waals surface area contributed by atoms with Crippen LogP contribution < -0.4 is 31.3 Å². The fourth-order valence-corrected chi connectivity index (χ4v) is 13.1. The number of aromatic amines is 1. The summed E-state index contributed by atoms with van der Waals surface area (Å²) in [7, 11) is -5.07. The number of Topliss-reactive ketones (excluding diaryl/α,β-unsaturated/α-hetero) is 1. The number of nitrogens with two attached hydrogens (primary N) is 1. The molecule has 3 aliphatic heterocycles. The number of aliphatic hydroxyl groups excluding tert-OH is 1. The number of nitrogens with one attached hydrogen (secondary N) is 4. The lowest BCUT2D eigenvalue weighted by Crippen LogP contribution is -2.57. The number of hydrogen-bond acceptors (Lipinski definition) is 13. The van der Waals surface area contributed by atoms with Crippen molar-refractivity contribution < 1.29 is 66.9 Å². The molecule has 1 saturated heterocycles. The Bertz CT molecular complexity index is 3720. The molecule has 2 aromatic heterocycles. The minimum Gasteiger partial charge on any atom is -0.488 e. The Kier molecular flexibility index (Phi) is 19.1. The Labute approximate surface area is 506 Å². The number of rotatable bonds is 23. The van der Waals surface area contributed by atoms with Gasteiger partial charge in [0.15, 0.2) is 17.3 Å². The molecular weight excluding hydrogens is 1160 g/mol. The summed E-state index contributed by atoms with van der Waals surface area (Å²) in [6.07, 6.45) is -0.382. The number of ether oxygens (including phenoxy) is 1. The second kappa shape index (κ2) is 26.2. The molecule has 0 saturated carbocycles. The number of benzene rings is 4. The number of aromatic nitrogens is 2. The predicted octanol–water partition coefficient (Wildman–Crippen LogP) is 6.98. The summed E-state index contributed by atoms with van der Waals surface area (Å²) in [6, 6.07) is 17.3. The smallest absolute Gasteiger partial charge is 0.396 e. The molecule has 87 heavy (non-hydrogen) atoms. The lowest BCUT2D eigenvalue weighted by molar-refractivity contribution is -0.144. The fraction of sp³-hybridized carbons (Fsp3) is 0.413. The number of aryl methyl sites for hydroxylation is 4. The molecule has 9 rings (SSSR count). The van der Waals surface area contributed by atoms with Crippen LogP contribution in [0.2, 0.25) is 0 Å². The van der Waals surface area contributed by atoms with E-state index in [9.17, 15) is 57.8 Å². The Morgan fingerprint density at radius 2 is 1.66 bits per heavy atom. The van der Waals surface area contributed by atoms with Crippen LogP contribution in [0.15, 0.2) is 84.4 Å². The van der Waals surface area contributed by atoms with Gasteiger partial charge in [0.1, 0.15) is 24.7 Å². The van der Waals surface area contributed by atoms with Crippen molar-refractivity contribution >= 4 is 82.3 Å². The number of carbonyl (C=O) groups excluding carboxylic acids is 8. The van der Waals surface area contributed by atoms with Gasteiger partial charge in [0.05, 0.1) is 45.7 Å². The van der Waals surface area contributed by atoms with E-state index in [1.54, 1.807) is 50.6 Å². The Hall–Kier alpha value is -7.95. The van der Waals surface area contributed by atoms with E-state index in [2.05, 4.69) is 25.9 Å². The monoisotopic (exact) mass is 1230 g/mol. The first-order valence-electron chi connectivity index (χ1n) is 28.9. The maximum absolute atomic E-state index is 16.4. The van der Waals surface area contributed by atoms with Crippen LogP contribution in [-0.4, -0.2) is 120 Å². The van der Waals surface area contributed by atoms with Gasteiger partial charge in [0.2, 0.25) is 35.4 Å². The highest BCUT2D eigenvalue weighted by Crippen LogP contribution is 2.42. The third kappa shape index (κ3) is 14.6. The summed E-state index contributed by atoms with van der Waals surface area (Å²) < 4.78 is 34.1. The van der Waals surface area contributed by atoms with Crippen LogP contribution >= 0.6 is 18.9 Å². The molecule has 24 heteroatoms. The van der Waals surface area contributed by atoms with Gasteiger partial charge in [-0.3, -0.25) is 47.8 Å². The van der Waals surface area contributed by atoms with Crippen molar-refractivity contribution in [1.29, 1.82) is 0 Å². The Morgan fingerprint density at radius 1 is 0.931 bits per heavy atom. The van der Waals surface area contributed by atoms with Gasteiger partial charge in [-0.15, -0.1) is 11.3 Å². The second-order valence-electron chi connectivity index (χ2n) is 24.0. The van der Waals surface area contributed by atoms with E-state index >= 15 is 4.39 Å². The highest BCUT2D eigenvalue weighted by Gasteiger charge is 2.46. The fourth-order valence-electron chi connectivity index (χ4n) is 11.8. The Balaban J connectivity index is 0.814. The molecule has 0 radical (unpaired) electrons. The summed E-state index contributed by atoms with van der Waals surface area (Å²) in [4.78, 5) is 139. The molecule has 0 bridgehead atoms. The van der Waals surface area contributed by atoms with Crippen LogP contribution in [0, 0.1) is 31.0 Å². The van der Waals surface area contributed by atoms with E-state index in [1.165, 1.54) is 40.1 Å². The summed E-state index contributed by atoms with van der Waals surface area (Å²) in [5, 5.41) is 19.9. The van der Waals surface area contributed by atoms with E-state index in [0.717, 1.165) is 32.8 Å². The van der Waals surface area contributed by atoms with Gasteiger partial charge < -0.3 is 51.2 Å². The molecule has 5 heterocycles. The molecule has 0 spiro atoms. The van der Waals surface area contributed by atoms with Gasteiger partial charge in [-0.1, -0.05) is 69.3 Å². The van der Waals surface area contributed by atoms with Crippen LogP contribution in [-0.2, 0) is 52.6 Å². The molecule has 6 aromatic rings. The van der Waals surface area contributed by atoms with Crippen LogP contribution in [0.25, 0.3) is 21.3 Å². The summed E-state index contributed by atoms with van der Waals surface area (Å²) in [5.41, 5.74) is 11.2. The first-order valence-corrected chi connectivity index (χ1v) is 31.4. The first-order chi connectivity index (χ1) is 41.1. The molecule has 7 atom stereocenters. The van der Waals surface area contributed by atoms with Gasteiger partial charge in [-0.2, -0.15) is 0 Å². The van der Waals surface area contributed by atoms with Crippen LogP contribution in [0.4, 0.5) is 10.1 Å². The molecular formula is C63H72FN8O13PS. The van der Waals surface area contributed by atoms with Crippen molar-refractivity contribution in [3.63, 3.8) is 0 Å². The van der Waals surface area contributed by atoms with Crippen molar-refractivity contribution in [3.8, 4) is 16.2 Å². The van der Waals surface area contributed by atoms with E-state index in [1.807, 2.05) is 56.3 Å². The second-order valence-corrected chi connectivity index (χ2v) is 26.4. The normalized spacial score (nSPS) is 18.6. The standard InChI is InChI=1S/C63H72FN8O13PS/c1-33-23-39(10-8-12-53(76)70-57(63(4,5)6)61(80)71-30-45(73)29-48(71)58(77)67-34(2)36-13-16-38(17-14-36)56-35(3)66-32-87-56)54(64)51(24-33)85-31-44(20-22-52(65)75)68-59(78)49-27-40-11-7-9-37-15-18-41(60(79)72(49)55(37)40)28-50(74)47-26-43-25-42(19-21-46(43)69-47)62(81)86(82,83)84/h7,9,11,13-14,16-17,19,21,23-26,32,34,41,44-45,48-49,57,69,73H,8,10,12,15,18,20,22,27-31H2,1-6H3,(H2,65,75)(H,67,77)(H,68,78)(H,70,76)(H2,82,83,84)/t34-,41+,44-,45+,48-,49-,57+/m0/s1. The molecule has 1 fully saturated rings. The van der Waals surface area contributed by atoms with Crippen LogP contribution in [0.1, 0.15) is 133 Å². The predicted molar refractivity (Wildman–Crippen MR) is 323 cm³/mol. The number of β-amino-alcohol motifs (C(OH)–C–C–N with tert-alkyl or cyclic N) is 1. The summed E-state index contributed by atoms with van der Waals surface area (Å²) >= 11 is 1.54. The maximum atomic E-state index is 16.4. The number of primary amides is 1. The Morgan fingerprint density at radius 3 is 2.34 bits per heavy atom. The third-order valence-electron chi connectivity index (χ3n) is 16.4. The van der Waals surface area contributed by atoms with E-state index in [0.29, 0.717) is 28.6 Å². The molecule has 460 valence electrons. The number of hydrogen-bond donors (Lipinski definition) is 8. The number of para-hydroxylation sites is 1. The lowest BCUT2D eigenvalue weighted by atomic mass is 9.85. The van der Waals surface area contributed by atoms with Crippen molar-refractivity contribution in [2.75, 3.05) is 18.1 Å². The topological polar surface area (TPSA) is 321 Å². The third-order valence-corrected chi connectivity index (χ3v) is 18.1. The summed E-state index contributed by atoms with van der Waals surface area (Å²) in [6.45, 7) is 10.5. The number of amides is 6. The van der Waals surface area contributed by atoms with Crippen molar-refractivity contribution in [3.05, 3.63) is 135 Å². The average Bonchev–Trinajstić information content (AvgIpc) is 1.71. The zero-order valence-electron chi connectivity index (χ0n) is 49.2. The average molecular weight is 1230 g/mol. The van der Waals surface area contributed by atoms with Crippen LogP contribution in [0.3, 0.4) is 0 Å². The first kappa shape index (κ1) is 63.5. The van der Waals surface area contributed by atoms with Gasteiger partial charge in [0, 0.05) is 61.0 Å². The SMILES string of the molecule is Cc1cc(CCCC(=O)N[C@H](C(=O)N2C[C@H](O)C[C@H]2C(=O)N[C@@H](C)c2ccc(-c3scnc3C)cc2)C(C)(C)C)c(F)c(OC[C@H](CCC(N)=O)NC(=O)[C@@H]2Cc3cccc4c3N2C(=O)[C@@H](CC(=O)c2cc3cc(C(=O)P(=O)(O)O)ccc3[nH]2)CC4)c1. The number of anilines is 1. The van der Waals surface area contributed by atoms with Crippen molar-refractivity contribution in [2.45, 2.75) is 142 Å². The number of halogens is 1. The molecule has 4 aromatic carbocycles. The number of nitrogens with zero attached hydrogens (tertiary/aromatic N) is 3. The molecule has 3 aliphatic rings. The molecule has 0 unspecified atom stereocenters. The highest BCUT2D eigenvalue weighted by atomic mass is 32.1. The minimum atomic E-state index is -5.07. The minimum absolute atomic E-state index is 0.000532. The maximum Gasteiger partial charge on any atom is 0.396 e. The number of carbonyl (C=O) groups is 8. The number of fused-ring (bicyclic) bond motifs is 1. The highest BCUT2D eigenvalue weighted by molar-refractivity contribution is 7.70. The van der Waals surface area contributed by atoms with Gasteiger partial charge in [-0.05, 0) is 122 Å². The lowest BCUT2D eigenvalue weighted by Gasteiger charge is -2.35. The molecule has 6 amide bonds. The van der Waals surface area contributed by atoms with E-state index < -0.39 is 108 Å². The summed E-state index contributed by atoms with van der Waals surface area (Å²) in [5.74, 6) is -5.31. The zero-order valence-corrected chi connectivity index (χ0v) is 50.9.